The first-order chi connectivity index (χ1) is 9.27. The van der Waals surface area contributed by atoms with Crippen LogP contribution in [0.2, 0.25) is 5.22 Å². The Kier molecular flexibility index (Phi) is 4.10. The molecule has 0 unspecified atom stereocenters. The molecule has 0 aliphatic rings. The van der Waals surface area contributed by atoms with E-state index in [2.05, 4.69) is 21.2 Å². The van der Waals surface area contributed by atoms with E-state index in [1.807, 2.05) is 0 Å². The van der Waals surface area contributed by atoms with Crippen LogP contribution in [0.4, 0.5) is 18.9 Å². The first-order valence-corrected chi connectivity index (χ1v) is 6.38. The second kappa shape index (κ2) is 5.49. The highest BCUT2D eigenvalue weighted by Crippen LogP contribution is 2.34. The summed E-state index contributed by atoms with van der Waals surface area (Å²) in [6, 6.07) is 5.61. The number of rotatable bonds is 2. The van der Waals surface area contributed by atoms with E-state index < -0.39 is 17.6 Å². The molecule has 0 radical (unpaired) electrons. The third-order valence-electron chi connectivity index (χ3n) is 2.34. The van der Waals surface area contributed by atoms with Gasteiger partial charge in [0.05, 0.1) is 11.3 Å². The third kappa shape index (κ3) is 3.34. The molecule has 2 rings (SSSR count). The highest BCUT2D eigenvalue weighted by Gasteiger charge is 2.31. The molecule has 106 valence electrons. The quantitative estimate of drug-likeness (QED) is 0.813. The molecule has 1 N–H and O–H groups in total. The smallest absolute Gasteiger partial charge is 0.416 e. The van der Waals surface area contributed by atoms with Crippen molar-refractivity contribution < 1.29 is 22.4 Å². The number of anilines is 1. The summed E-state index contributed by atoms with van der Waals surface area (Å²) in [4.78, 5) is 11.8. The minimum absolute atomic E-state index is 0.0123. The normalized spacial score (nSPS) is 11.4. The summed E-state index contributed by atoms with van der Waals surface area (Å²) in [5.41, 5.74) is -0.883. The molecule has 0 aliphatic carbocycles. The summed E-state index contributed by atoms with van der Waals surface area (Å²) in [5.74, 6) is -0.795. The van der Waals surface area contributed by atoms with Crippen molar-refractivity contribution in [3.8, 4) is 0 Å². The van der Waals surface area contributed by atoms with Gasteiger partial charge >= 0.3 is 6.18 Å². The van der Waals surface area contributed by atoms with Gasteiger partial charge in [-0.1, -0.05) is 0 Å². The molecule has 0 aliphatic heterocycles. The van der Waals surface area contributed by atoms with Gasteiger partial charge in [-0.2, -0.15) is 13.2 Å². The summed E-state index contributed by atoms with van der Waals surface area (Å²) in [6.07, 6.45) is -4.49. The summed E-state index contributed by atoms with van der Waals surface area (Å²) in [7, 11) is 0. The molecule has 1 aromatic carbocycles. The number of nitrogens with one attached hydrogen (secondary N) is 1. The van der Waals surface area contributed by atoms with E-state index >= 15 is 0 Å². The van der Waals surface area contributed by atoms with Crippen LogP contribution in [0.15, 0.2) is 39.2 Å². The van der Waals surface area contributed by atoms with E-state index in [1.165, 1.54) is 18.2 Å². The monoisotopic (exact) mass is 367 g/mol. The van der Waals surface area contributed by atoms with Gasteiger partial charge < -0.3 is 9.73 Å². The van der Waals surface area contributed by atoms with Crippen LogP contribution in [-0.4, -0.2) is 5.91 Å². The number of carbonyl (C=O) groups is 1. The van der Waals surface area contributed by atoms with Crippen LogP contribution in [0, 0.1) is 0 Å². The molecule has 1 aromatic heterocycles. The predicted octanol–water partition coefficient (Wildman–Crippen LogP) is 4.97. The average molecular weight is 369 g/mol. The maximum Gasteiger partial charge on any atom is 0.416 e. The highest BCUT2D eigenvalue weighted by molar-refractivity contribution is 9.10. The number of amides is 1. The van der Waals surface area contributed by atoms with E-state index in [1.54, 1.807) is 0 Å². The first-order valence-electron chi connectivity index (χ1n) is 5.21. The van der Waals surface area contributed by atoms with Crippen molar-refractivity contribution in [1.29, 1.82) is 0 Å². The zero-order valence-corrected chi connectivity index (χ0v) is 11.9. The molecule has 1 amide bonds. The lowest BCUT2D eigenvalue weighted by atomic mass is 10.2. The summed E-state index contributed by atoms with van der Waals surface area (Å²) in [6.45, 7) is 0. The van der Waals surface area contributed by atoms with Gasteiger partial charge in [-0.3, -0.25) is 4.79 Å². The van der Waals surface area contributed by atoms with Gasteiger partial charge in [-0.15, -0.1) is 0 Å². The standard InChI is InChI=1S/C12H6BrClF3NO2/c13-7-2-1-6(12(15,16)17)5-8(7)18-11(19)9-3-4-10(14)20-9/h1-5H,(H,18,19). The number of furan rings is 1. The van der Waals surface area contributed by atoms with Crippen molar-refractivity contribution in [2.24, 2.45) is 0 Å². The number of halogens is 5. The van der Waals surface area contributed by atoms with Gasteiger partial charge in [0, 0.05) is 4.47 Å². The number of alkyl halides is 3. The van der Waals surface area contributed by atoms with Gasteiger partial charge in [-0.05, 0) is 57.9 Å². The van der Waals surface area contributed by atoms with Crippen molar-refractivity contribution >= 4 is 39.1 Å². The molecule has 0 saturated carbocycles. The summed E-state index contributed by atoms with van der Waals surface area (Å²) < 4.78 is 43.0. The van der Waals surface area contributed by atoms with Gasteiger partial charge in [0.2, 0.25) is 0 Å². The average Bonchev–Trinajstić information content (AvgIpc) is 2.77. The van der Waals surface area contributed by atoms with Gasteiger partial charge in [-0.25, -0.2) is 0 Å². The van der Waals surface area contributed by atoms with Crippen LogP contribution in [0.5, 0.6) is 0 Å². The minimum Gasteiger partial charge on any atom is -0.440 e. The minimum atomic E-state index is -4.49. The van der Waals surface area contributed by atoms with Gasteiger partial charge in [0.25, 0.3) is 5.91 Å². The fourth-order valence-corrected chi connectivity index (χ4v) is 1.91. The first kappa shape index (κ1) is 14.9. The Bertz CT molecular complexity index is 654. The van der Waals surface area contributed by atoms with Crippen LogP contribution >= 0.6 is 27.5 Å². The number of hydrogen-bond acceptors (Lipinski definition) is 2. The molecule has 8 heteroatoms. The Labute approximate surface area is 124 Å². The maximum atomic E-state index is 12.6. The van der Waals surface area contributed by atoms with Crippen molar-refractivity contribution in [2.45, 2.75) is 6.18 Å². The molecular formula is C12H6BrClF3NO2. The van der Waals surface area contributed by atoms with E-state index in [4.69, 9.17) is 16.0 Å². The molecule has 3 nitrogen and oxygen atoms in total. The zero-order chi connectivity index (χ0) is 14.9. The molecule has 0 bridgehead atoms. The second-order valence-electron chi connectivity index (χ2n) is 3.75. The van der Waals surface area contributed by atoms with Crippen molar-refractivity contribution in [1.82, 2.24) is 0 Å². The molecular weight excluding hydrogens is 362 g/mol. The maximum absolute atomic E-state index is 12.6. The summed E-state index contributed by atoms with van der Waals surface area (Å²) >= 11 is 8.58. The molecule has 0 atom stereocenters. The Morgan fingerprint density at radius 2 is 1.95 bits per heavy atom. The highest BCUT2D eigenvalue weighted by atomic mass is 79.9. The van der Waals surface area contributed by atoms with Crippen LogP contribution in [0.3, 0.4) is 0 Å². The van der Waals surface area contributed by atoms with Gasteiger partial charge in [0.15, 0.2) is 11.0 Å². The number of hydrogen-bond donors (Lipinski definition) is 1. The Morgan fingerprint density at radius 3 is 2.50 bits per heavy atom. The topological polar surface area (TPSA) is 42.2 Å². The van der Waals surface area contributed by atoms with Crippen molar-refractivity contribution in [3.63, 3.8) is 0 Å². The lowest BCUT2D eigenvalue weighted by Gasteiger charge is -2.11. The van der Waals surface area contributed by atoms with Crippen LogP contribution in [0.1, 0.15) is 16.1 Å². The van der Waals surface area contributed by atoms with E-state index in [-0.39, 0.29) is 16.7 Å². The molecule has 2 aromatic rings. The lowest BCUT2D eigenvalue weighted by molar-refractivity contribution is -0.137. The Balaban J connectivity index is 2.27. The van der Waals surface area contributed by atoms with Gasteiger partial charge in [0.1, 0.15) is 0 Å². The SMILES string of the molecule is O=C(Nc1cc(C(F)(F)F)ccc1Br)c1ccc(Cl)o1. The van der Waals surface area contributed by atoms with Crippen LogP contribution < -0.4 is 5.32 Å². The molecule has 0 fully saturated rings. The number of benzene rings is 1. The lowest BCUT2D eigenvalue weighted by Crippen LogP contribution is -2.13. The zero-order valence-electron chi connectivity index (χ0n) is 9.59. The van der Waals surface area contributed by atoms with Crippen LogP contribution in [0.25, 0.3) is 0 Å². The van der Waals surface area contributed by atoms with E-state index in [0.29, 0.717) is 4.47 Å². The largest absolute Gasteiger partial charge is 0.440 e. The second-order valence-corrected chi connectivity index (χ2v) is 4.98. The van der Waals surface area contributed by atoms with Crippen LogP contribution in [-0.2, 0) is 6.18 Å². The third-order valence-corrected chi connectivity index (χ3v) is 3.23. The fraction of sp³-hybridized carbons (Fsp3) is 0.0833. The molecule has 1 heterocycles. The number of carbonyl (C=O) groups excluding carboxylic acids is 1. The molecule has 0 saturated heterocycles. The van der Waals surface area contributed by atoms with E-state index in [9.17, 15) is 18.0 Å². The fourth-order valence-electron chi connectivity index (χ4n) is 1.42. The Morgan fingerprint density at radius 1 is 1.25 bits per heavy atom. The Hall–Kier alpha value is -1.47. The molecule has 20 heavy (non-hydrogen) atoms. The van der Waals surface area contributed by atoms with E-state index in [0.717, 1.165) is 12.1 Å². The molecule has 0 spiro atoms. The van der Waals surface area contributed by atoms with Crippen molar-refractivity contribution in [3.05, 3.63) is 51.3 Å². The summed E-state index contributed by atoms with van der Waals surface area (Å²) in [5, 5.41) is 2.33. The van der Waals surface area contributed by atoms with Crippen molar-refractivity contribution in [2.75, 3.05) is 5.32 Å². The predicted molar refractivity (Wildman–Crippen MR) is 70.8 cm³/mol.